The molecule has 1 aromatic rings. The van der Waals surface area contributed by atoms with Crippen LogP contribution >= 0.6 is 0 Å². The fourth-order valence-corrected chi connectivity index (χ4v) is 2.92. The SMILES string of the molecule is CC1CC(C)(C)CCC1NCCc1ncno1. The van der Waals surface area contributed by atoms with Gasteiger partial charge >= 0.3 is 0 Å². The van der Waals surface area contributed by atoms with Gasteiger partial charge in [0.25, 0.3) is 0 Å². The van der Waals surface area contributed by atoms with Crippen molar-refractivity contribution < 1.29 is 4.52 Å². The van der Waals surface area contributed by atoms with E-state index in [0.29, 0.717) is 11.5 Å². The summed E-state index contributed by atoms with van der Waals surface area (Å²) in [6.45, 7) is 8.03. The van der Waals surface area contributed by atoms with Crippen LogP contribution in [0.4, 0.5) is 0 Å². The van der Waals surface area contributed by atoms with Crippen LogP contribution in [0.1, 0.15) is 45.9 Å². The van der Waals surface area contributed by atoms with Crippen molar-refractivity contribution in [2.75, 3.05) is 6.54 Å². The van der Waals surface area contributed by atoms with Crippen LogP contribution in [-0.4, -0.2) is 22.7 Å². The first-order valence-corrected chi connectivity index (χ1v) is 6.56. The highest BCUT2D eigenvalue weighted by molar-refractivity contribution is 4.87. The summed E-state index contributed by atoms with van der Waals surface area (Å²) in [5.74, 6) is 1.47. The highest BCUT2D eigenvalue weighted by Gasteiger charge is 2.31. The summed E-state index contributed by atoms with van der Waals surface area (Å²) in [5, 5.41) is 7.23. The summed E-state index contributed by atoms with van der Waals surface area (Å²) in [6, 6.07) is 0.644. The van der Waals surface area contributed by atoms with Gasteiger partial charge in [-0.3, -0.25) is 0 Å². The van der Waals surface area contributed by atoms with Crippen molar-refractivity contribution in [3.63, 3.8) is 0 Å². The normalized spacial score (nSPS) is 28.2. The number of nitrogens with one attached hydrogen (secondary N) is 1. The van der Waals surface area contributed by atoms with Crippen molar-refractivity contribution >= 4 is 0 Å². The standard InChI is InChI=1S/C13H23N3O/c1-10-8-13(2,3)6-4-11(10)14-7-5-12-15-9-16-17-12/h9-11,14H,4-8H2,1-3H3. The molecule has 96 valence electrons. The fourth-order valence-electron chi connectivity index (χ4n) is 2.92. The minimum absolute atomic E-state index is 0.518. The monoisotopic (exact) mass is 237 g/mol. The molecule has 0 amide bonds. The molecule has 0 spiro atoms. The van der Waals surface area contributed by atoms with Crippen molar-refractivity contribution in [3.05, 3.63) is 12.2 Å². The highest BCUT2D eigenvalue weighted by Crippen LogP contribution is 2.38. The molecule has 4 heteroatoms. The van der Waals surface area contributed by atoms with Gasteiger partial charge in [0.05, 0.1) is 0 Å². The van der Waals surface area contributed by atoms with Gasteiger partial charge in [-0.2, -0.15) is 4.98 Å². The van der Waals surface area contributed by atoms with Crippen molar-refractivity contribution in [2.24, 2.45) is 11.3 Å². The molecule has 1 N–H and O–H groups in total. The molecule has 2 rings (SSSR count). The molecule has 1 aliphatic rings. The molecule has 17 heavy (non-hydrogen) atoms. The number of hydrogen-bond acceptors (Lipinski definition) is 4. The molecule has 1 saturated carbocycles. The van der Waals surface area contributed by atoms with E-state index in [0.717, 1.165) is 24.8 Å². The lowest BCUT2D eigenvalue weighted by Gasteiger charge is -2.39. The Labute approximate surface area is 103 Å². The molecule has 1 aromatic heterocycles. The van der Waals surface area contributed by atoms with E-state index < -0.39 is 0 Å². The molecule has 1 aliphatic carbocycles. The quantitative estimate of drug-likeness (QED) is 0.873. The molecule has 4 nitrogen and oxygen atoms in total. The third-order valence-corrected chi connectivity index (χ3v) is 3.85. The molecule has 0 aromatic carbocycles. The van der Waals surface area contributed by atoms with E-state index in [1.807, 2.05) is 0 Å². The summed E-state index contributed by atoms with van der Waals surface area (Å²) in [5.41, 5.74) is 0.518. The molecule has 1 heterocycles. The summed E-state index contributed by atoms with van der Waals surface area (Å²) in [4.78, 5) is 4.02. The zero-order chi connectivity index (χ0) is 12.3. The van der Waals surface area contributed by atoms with Crippen LogP contribution in [0, 0.1) is 11.3 Å². The summed E-state index contributed by atoms with van der Waals surface area (Å²) < 4.78 is 4.98. The van der Waals surface area contributed by atoms with Crippen LogP contribution in [0.3, 0.4) is 0 Å². The topological polar surface area (TPSA) is 51.0 Å². The first-order valence-electron chi connectivity index (χ1n) is 6.56. The Bertz CT molecular complexity index is 334. The van der Waals surface area contributed by atoms with E-state index in [2.05, 4.69) is 36.2 Å². The third-order valence-electron chi connectivity index (χ3n) is 3.85. The van der Waals surface area contributed by atoms with Gasteiger partial charge in [-0.25, -0.2) is 0 Å². The van der Waals surface area contributed by atoms with Gasteiger partial charge in [0, 0.05) is 19.0 Å². The molecule has 0 radical (unpaired) electrons. The van der Waals surface area contributed by atoms with Crippen LogP contribution in [0.15, 0.2) is 10.9 Å². The second kappa shape index (κ2) is 5.17. The van der Waals surface area contributed by atoms with Gasteiger partial charge in [0.2, 0.25) is 5.89 Å². The van der Waals surface area contributed by atoms with Crippen molar-refractivity contribution in [3.8, 4) is 0 Å². The largest absolute Gasteiger partial charge is 0.340 e. The number of rotatable bonds is 4. The minimum atomic E-state index is 0.518. The van der Waals surface area contributed by atoms with E-state index in [-0.39, 0.29) is 0 Å². The van der Waals surface area contributed by atoms with Gasteiger partial charge in [-0.05, 0) is 30.6 Å². The summed E-state index contributed by atoms with van der Waals surface area (Å²) in [6.07, 6.45) is 6.19. The van der Waals surface area contributed by atoms with Crippen LogP contribution < -0.4 is 5.32 Å². The van der Waals surface area contributed by atoms with Crippen LogP contribution in [0.25, 0.3) is 0 Å². The average molecular weight is 237 g/mol. The Kier molecular flexibility index (Phi) is 3.82. The second-order valence-corrected chi connectivity index (χ2v) is 6.03. The molecule has 1 fully saturated rings. The third kappa shape index (κ3) is 3.53. The first kappa shape index (κ1) is 12.6. The first-order chi connectivity index (χ1) is 8.07. The van der Waals surface area contributed by atoms with E-state index in [1.165, 1.54) is 25.6 Å². The van der Waals surface area contributed by atoms with Crippen molar-refractivity contribution in [1.82, 2.24) is 15.5 Å². The molecule has 2 atom stereocenters. The van der Waals surface area contributed by atoms with Gasteiger partial charge in [-0.15, -0.1) is 0 Å². The second-order valence-electron chi connectivity index (χ2n) is 6.03. The van der Waals surface area contributed by atoms with E-state index >= 15 is 0 Å². The maximum absolute atomic E-state index is 4.98. The fraction of sp³-hybridized carbons (Fsp3) is 0.846. The lowest BCUT2D eigenvalue weighted by Crippen LogP contribution is -2.42. The Balaban J connectivity index is 1.73. The maximum Gasteiger partial charge on any atom is 0.227 e. The van der Waals surface area contributed by atoms with Crippen molar-refractivity contribution in [1.29, 1.82) is 0 Å². The van der Waals surface area contributed by atoms with Gasteiger partial charge < -0.3 is 9.84 Å². The minimum Gasteiger partial charge on any atom is -0.340 e. The van der Waals surface area contributed by atoms with Gasteiger partial charge in [-0.1, -0.05) is 25.9 Å². The maximum atomic E-state index is 4.98. The molecule has 0 aliphatic heterocycles. The molecule has 0 saturated heterocycles. The van der Waals surface area contributed by atoms with Crippen molar-refractivity contribution in [2.45, 2.75) is 52.5 Å². The Morgan fingerprint density at radius 1 is 1.53 bits per heavy atom. The number of nitrogens with zero attached hydrogens (tertiary/aromatic N) is 2. The van der Waals surface area contributed by atoms with E-state index in [9.17, 15) is 0 Å². The summed E-state index contributed by atoms with van der Waals surface area (Å²) in [7, 11) is 0. The van der Waals surface area contributed by atoms with E-state index in [1.54, 1.807) is 0 Å². The highest BCUT2D eigenvalue weighted by atomic mass is 16.5. The van der Waals surface area contributed by atoms with Crippen LogP contribution in [0.5, 0.6) is 0 Å². The zero-order valence-corrected chi connectivity index (χ0v) is 11.1. The Morgan fingerprint density at radius 3 is 3.00 bits per heavy atom. The molecule has 0 bridgehead atoms. The zero-order valence-electron chi connectivity index (χ0n) is 11.1. The van der Waals surface area contributed by atoms with Crippen LogP contribution in [-0.2, 0) is 6.42 Å². The predicted octanol–water partition coefficient (Wildman–Crippen LogP) is 2.42. The lowest BCUT2D eigenvalue weighted by molar-refractivity contribution is 0.149. The molecule has 2 unspecified atom stereocenters. The molecular weight excluding hydrogens is 214 g/mol. The summed E-state index contributed by atoms with van der Waals surface area (Å²) >= 11 is 0. The number of aromatic nitrogens is 2. The van der Waals surface area contributed by atoms with Crippen LogP contribution in [0.2, 0.25) is 0 Å². The number of hydrogen-bond donors (Lipinski definition) is 1. The predicted molar refractivity (Wildman–Crippen MR) is 66.6 cm³/mol. The smallest absolute Gasteiger partial charge is 0.227 e. The Hall–Kier alpha value is -0.900. The lowest BCUT2D eigenvalue weighted by atomic mass is 9.70. The van der Waals surface area contributed by atoms with Gasteiger partial charge in [0.1, 0.15) is 0 Å². The van der Waals surface area contributed by atoms with E-state index in [4.69, 9.17) is 4.52 Å². The average Bonchev–Trinajstić information content (AvgIpc) is 2.73. The van der Waals surface area contributed by atoms with Gasteiger partial charge in [0.15, 0.2) is 6.33 Å². The molecular formula is C13H23N3O. The Morgan fingerprint density at radius 2 is 2.35 bits per heavy atom.